The molecule has 0 amide bonds. The fourth-order valence-corrected chi connectivity index (χ4v) is 8.32. The largest absolute Gasteiger partial charge is 0.460 e. The Morgan fingerprint density at radius 3 is 2.62 bits per heavy atom. The molecule has 4 aliphatic carbocycles. The smallest absolute Gasteiger partial charge is 0.377 e. The molecule has 1 heterocycles. The second-order valence-corrected chi connectivity index (χ2v) is 11.5. The van der Waals surface area contributed by atoms with E-state index in [1.165, 1.54) is 0 Å². The lowest BCUT2D eigenvalue weighted by atomic mass is 9.44. The molecular formula is C27H36O7. The zero-order valence-electron chi connectivity index (χ0n) is 20.7. The Labute approximate surface area is 200 Å². The average Bonchev–Trinajstić information content (AvgIpc) is 2.91. The number of ketones is 3. The van der Waals surface area contributed by atoms with E-state index in [0.29, 0.717) is 32.1 Å². The molecule has 1 unspecified atom stereocenters. The Morgan fingerprint density at radius 2 is 1.88 bits per heavy atom. The van der Waals surface area contributed by atoms with Crippen molar-refractivity contribution in [2.24, 2.45) is 22.7 Å². The number of hydrogen-bond acceptors (Lipinski definition) is 7. The van der Waals surface area contributed by atoms with Gasteiger partial charge in [0.2, 0.25) is 0 Å². The topological polar surface area (TPSA) is 96.0 Å². The van der Waals surface area contributed by atoms with Crippen LogP contribution in [0.2, 0.25) is 0 Å². The molecule has 0 radical (unpaired) electrons. The van der Waals surface area contributed by atoms with Crippen LogP contribution >= 0.6 is 0 Å². The number of carbonyl (C=O) groups is 4. The van der Waals surface area contributed by atoms with Gasteiger partial charge in [0.25, 0.3) is 5.78 Å². The first kappa shape index (κ1) is 23.9. The minimum absolute atomic E-state index is 0.0887. The number of allylic oxidation sites excluding steroid dienone is 1. The first-order chi connectivity index (χ1) is 16.0. The molecule has 4 fully saturated rings. The van der Waals surface area contributed by atoms with Gasteiger partial charge in [-0.2, -0.15) is 0 Å². The molecule has 0 aromatic carbocycles. The number of Topliss-reactive ketones (excluding diaryl/α,β-unsaturated/α-hetero) is 2. The second kappa shape index (κ2) is 7.82. The van der Waals surface area contributed by atoms with E-state index < -0.39 is 34.7 Å². The van der Waals surface area contributed by atoms with Crippen LogP contribution in [0.5, 0.6) is 0 Å². The van der Waals surface area contributed by atoms with Crippen molar-refractivity contribution in [3.8, 4) is 0 Å². The number of hydrogen-bond donors (Lipinski definition) is 0. The lowest BCUT2D eigenvalue weighted by Gasteiger charge is -2.65. The van der Waals surface area contributed by atoms with Crippen LogP contribution in [0.4, 0.5) is 0 Å². The molecule has 0 N–H and O–H groups in total. The van der Waals surface area contributed by atoms with Crippen molar-refractivity contribution in [3.05, 3.63) is 11.6 Å². The summed E-state index contributed by atoms with van der Waals surface area (Å²) in [5.74, 6) is -1.68. The van der Waals surface area contributed by atoms with Crippen LogP contribution in [-0.2, 0) is 33.4 Å². The average molecular weight is 473 g/mol. The van der Waals surface area contributed by atoms with E-state index >= 15 is 0 Å². The van der Waals surface area contributed by atoms with Crippen molar-refractivity contribution in [3.63, 3.8) is 0 Å². The van der Waals surface area contributed by atoms with Gasteiger partial charge >= 0.3 is 5.97 Å². The predicted octanol–water partition coefficient (Wildman–Crippen LogP) is 3.86. The highest BCUT2D eigenvalue weighted by atomic mass is 16.7. The summed E-state index contributed by atoms with van der Waals surface area (Å²) < 4.78 is 18.1. The lowest BCUT2D eigenvalue weighted by molar-refractivity contribution is -0.356. The molecule has 3 saturated carbocycles. The summed E-state index contributed by atoms with van der Waals surface area (Å²) in [6.07, 6.45) is 6.23. The maximum absolute atomic E-state index is 13.9. The molecule has 7 nitrogen and oxygen atoms in total. The number of rotatable bonds is 5. The van der Waals surface area contributed by atoms with E-state index in [1.54, 1.807) is 13.0 Å². The summed E-state index contributed by atoms with van der Waals surface area (Å²) in [7, 11) is 0. The van der Waals surface area contributed by atoms with E-state index in [1.807, 2.05) is 13.8 Å². The van der Waals surface area contributed by atoms with Crippen LogP contribution in [-0.4, -0.2) is 47.4 Å². The number of esters is 1. The summed E-state index contributed by atoms with van der Waals surface area (Å²) in [6.45, 7) is 8.00. The third kappa shape index (κ3) is 2.89. The van der Waals surface area contributed by atoms with Crippen LogP contribution < -0.4 is 0 Å². The quantitative estimate of drug-likeness (QED) is 0.340. The highest BCUT2D eigenvalue weighted by Crippen LogP contribution is 2.72. The number of carbonyl (C=O) groups excluding carboxylic acids is 4. The van der Waals surface area contributed by atoms with Crippen LogP contribution in [0.3, 0.4) is 0 Å². The van der Waals surface area contributed by atoms with E-state index in [-0.39, 0.29) is 41.8 Å². The molecule has 7 atom stereocenters. The molecule has 0 aromatic rings. The highest BCUT2D eigenvalue weighted by Gasteiger charge is 2.80. The Hall–Kier alpha value is -1.86. The van der Waals surface area contributed by atoms with Gasteiger partial charge < -0.3 is 14.2 Å². The van der Waals surface area contributed by atoms with Gasteiger partial charge in [0.15, 0.2) is 12.1 Å². The van der Waals surface area contributed by atoms with Gasteiger partial charge in [-0.15, -0.1) is 0 Å². The van der Waals surface area contributed by atoms with Crippen LogP contribution in [0.25, 0.3) is 0 Å². The van der Waals surface area contributed by atoms with Crippen molar-refractivity contribution < 1.29 is 33.4 Å². The van der Waals surface area contributed by atoms with E-state index in [9.17, 15) is 19.2 Å². The van der Waals surface area contributed by atoms with Crippen LogP contribution in [0.1, 0.15) is 85.5 Å². The minimum Gasteiger partial charge on any atom is -0.460 e. The number of fused-ring (bicyclic) bond motifs is 3. The lowest BCUT2D eigenvalue weighted by Crippen LogP contribution is -2.73. The minimum atomic E-state index is -1.42. The molecular weight excluding hydrogens is 436 g/mol. The molecule has 34 heavy (non-hydrogen) atoms. The third-order valence-electron chi connectivity index (χ3n) is 9.95. The molecule has 1 saturated heterocycles. The molecule has 186 valence electrons. The number of unbranched alkanes of at least 4 members (excludes halogenated alkanes) is 1. The van der Waals surface area contributed by atoms with E-state index in [2.05, 4.69) is 6.92 Å². The first-order valence-corrected chi connectivity index (χ1v) is 12.9. The van der Waals surface area contributed by atoms with Gasteiger partial charge in [-0.05, 0) is 62.9 Å². The van der Waals surface area contributed by atoms with Crippen molar-refractivity contribution in [1.29, 1.82) is 0 Å². The Morgan fingerprint density at radius 1 is 1.12 bits per heavy atom. The van der Waals surface area contributed by atoms with Gasteiger partial charge in [0, 0.05) is 24.2 Å². The van der Waals surface area contributed by atoms with Gasteiger partial charge in [-0.3, -0.25) is 14.4 Å². The summed E-state index contributed by atoms with van der Waals surface area (Å²) >= 11 is 0. The first-order valence-electron chi connectivity index (χ1n) is 12.9. The van der Waals surface area contributed by atoms with E-state index in [0.717, 1.165) is 24.8 Å². The molecule has 0 aromatic heterocycles. The summed E-state index contributed by atoms with van der Waals surface area (Å²) in [5.41, 5.74) is -2.40. The molecule has 5 rings (SSSR count). The van der Waals surface area contributed by atoms with Gasteiger partial charge in [-0.1, -0.05) is 32.8 Å². The zero-order chi connectivity index (χ0) is 24.5. The molecule has 1 aliphatic heterocycles. The maximum atomic E-state index is 13.9. The Bertz CT molecular complexity index is 983. The molecule has 5 aliphatic rings. The predicted molar refractivity (Wildman–Crippen MR) is 122 cm³/mol. The fraction of sp³-hybridized carbons (Fsp3) is 0.778. The van der Waals surface area contributed by atoms with Crippen molar-refractivity contribution >= 4 is 23.3 Å². The second-order valence-electron chi connectivity index (χ2n) is 11.5. The SMILES string of the molecule is CCCCOC(=O)C(=O)[C@@]12CC[C@@]3(OC(C)O1)[C@@H]1CCC4=CC(=O)CC[C@]4(C)[C@H]1C(=O)C[C@]23C. The third-order valence-corrected chi connectivity index (χ3v) is 9.95. The summed E-state index contributed by atoms with van der Waals surface area (Å²) in [6, 6.07) is 0. The van der Waals surface area contributed by atoms with E-state index in [4.69, 9.17) is 14.2 Å². The molecule has 0 spiro atoms. The number of ether oxygens (including phenoxy) is 3. The molecule has 2 bridgehead atoms. The van der Waals surface area contributed by atoms with Crippen molar-refractivity contribution in [2.45, 2.75) is 103 Å². The highest BCUT2D eigenvalue weighted by molar-refractivity contribution is 6.37. The normalized spacial score (nSPS) is 45.1. The standard InChI is InChI=1S/C27H36O7/c1-5-6-13-32-23(31)22(30)27-12-11-26(33-16(2)34-27)19-8-7-17-14-18(28)9-10-24(17,3)21(19)20(29)15-25(26,27)4/h14,16,19,21H,5-13,15H2,1-4H3/t16?,19-,21-,24+,25+,26-,27-/m1/s1. The monoisotopic (exact) mass is 472 g/mol. The van der Waals surface area contributed by atoms with Crippen molar-refractivity contribution in [2.75, 3.05) is 6.61 Å². The van der Waals surface area contributed by atoms with Crippen LogP contribution in [0.15, 0.2) is 11.6 Å². The Kier molecular flexibility index (Phi) is 5.49. The van der Waals surface area contributed by atoms with Gasteiger partial charge in [-0.25, -0.2) is 4.79 Å². The van der Waals surface area contributed by atoms with Gasteiger partial charge in [0.05, 0.1) is 12.2 Å². The summed E-state index contributed by atoms with van der Waals surface area (Å²) in [5, 5.41) is 0. The van der Waals surface area contributed by atoms with Crippen LogP contribution in [0, 0.1) is 22.7 Å². The molecule has 7 heteroatoms. The Balaban J connectivity index is 1.56. The van der Waals surface area contributed by atoms with Crippen molar-refractivity contribution in [1.82, 2.24) is 0 Å². The summed E-state index contributed by atoms with van der Waals surface area (Å²) in [4.78, 5) is 52.6. The van der Waals surface area contributed by atoms with Gasteiger partial charge in [0.1, 0.15) is 11.4 Å². The zero-order valence-corrected chi connectivity index (χ0v) is 20.7. The maximum Gasteiger partial charge on any atom is 0.377 e. The fourth-order valence-electron chi connectivity index (χ4n) is 8.32.